The van der Waals surface area contributed by atoms with Gasteiger partial charge in [0.25, 0.3) is 0 Å². The fourth-order valence-electron chi connectivity index (χ4n) is 1.42. The zero-order valence-corrected chi connectivity index (χ0v) is 11.5. The normalized spacial score (nSPS) is 12.1. The molecule has 1 unspecified atom stereocenters. The maximum absolute atomic E-state index is 11.9. The molecule has 0 aliphatic carbocycles. The summed E-state index contributed by atoms with van der Waals surface area (Å²) < 4.78 is 32.7. The van der Waals surface area contributed by atoms with Crippen LogP contribution in [0.25, 0.3) is 0 Å². The highest BCUT2D eigenvalue weighted by molar-refractivity contribution is 5.20. The van der Waals surface area contributed by atoms with Crippen molar-refractivity contribution in [3.8, 4) is 5.75 Å². The fourth-order valence-corrected chi connectivity index (χ4v) is 1.42. The van der Waals surface area contributed by atoms with Crippen LogP contribution in [0.5, 0.6) is 5.75 Å². The fraction of sp³-hybridized carbons (Fsp3) is 0.467. The van der Waals surface area contributed by atoms with Gasteiger partial charge in [-0.25, -0.2) is 4.39 Å². The van der Waals surface area contributed by atoms with Crippen molar-refractivity contribution in [2.75, 3.05) is 39.9 Å². The first-order valence-corrected chi connectivity index (χ1v) is 6.50. The summed E-state index contributed by atoms with van der Waals surface area (Å²) in [5, 5.41) is 0. The van der Waals surface area contributed by atoms with Gasteiger partial charge in [-0.2, -0.15) is 0 Å². The quantitative estimate of drug-likeness (QED) is 0.437. The first kappa shape index (κ1) is 16.6. The van der Waals surface area contributed by atoms with Crippen LogP contribution in [0.1, 0.15) is 0 Å². The lowest BCUT2D eigenvalue weighted by Gasteiger charge is -2.12. The van der Waals surface area contributed by atoms with Crippen molar-refractivity contribution in [1.29, 1.82) is 0 Å². The van der Waals surface area contributed by atoms with Crippen molar-refractivity contribution in [3.63, 3.8) is 0 Å². The molecule has 0 saturated heterocycles. The van der Waals surface area contributed by atoms with Gasteiger partial charge in [-0.3, -0.25) is 0 Å². The molecular weight excluding hydrogens is 263 g/mol. The average molecular weight is 284 g/mol. The Morgan fingerprint density at radius 3 is 2.45 bits per heavy atom. The van der Waals surface area contributed by atoms with Gasteiger partial charge >= 0.3 is 0 Å². The Bertz CT molecular complexity index is 345. The first-order valence-electron chi connectivity index (χ1n) is 6.50. The number of hydrogen-bond acceptors (Lipinski definition) is 4. The second kappa shape index (κ2) is 11.4. The second-order valence-corrected chi connectivity index (χ2v) is 3.90. The van der Waals surface area contributed by atoms with Crippen LogP contribution in [-0.2, 0) is 14.2 Å². The maximum atomic E-state index is 11.9. The molecule has 0 aliphatic heterocycles. The summed E-state index contributed by atoms with van der Waals surface area (Å²) in [6, 6.07) is 9.55. The van der Waals surface area contributed by atoms with E-state index in [9.17, 15) is 4.39 Å². The molecule has 0 fully saturated rings. The van der Waals surface area contributed by atoms with Gasteiger partial charge in [0.1, 0.15) is 18.5 Å². The molecular formula is C15H21FO4. The van der Waals surface area contributed by atoms with E-state index in [-0.39, 0.29) is 6.61 Å². The topological polar surface area (TPSA) is 36.9 Å². The predicted molar refractivity (Wildman–Crippen MR) is 74.6 cm³/mol. The van der Waals surface area contributed by atoms with E-state index in [0.29, 0.717) is 26.4 Å². The smallest absolute Gasteiger partial charge is 0.189 e. The third-order valence-corrected chi connectivity index (χ3v) is 2.43. The summed E-state index contributed by atoms with van der Waals surface area (Å²) in [6.07, 6.45) is 1.09. The minimum absolute atomic E-state index is 0.275. The van der Waals surface area contributed by atoms with Crippen LogP contribution < -0.4 is 4.74 Å². The van der Waals surface area contributed by atoms with Gasteiger partial charge in [-0.05, 0) is 12.1 Å². The van der Waals surface area contributed by atoms with Gasteiger partial charge in [0, 0.05) is 0 Å². The van der Waals surface area contributed by atoms with Crippen molar-refractivity contribution in [1.82, 2.24) is 0 Å². The largest absolute Gasteiger partial charge is 0.491 e. The van der Waals surface area contributed by atoms with Gasteiger partial charge < -0.3 is 18.9 Å². The van der Waals surface area contributed by atoms with Crippen LogP contribution in [0.15, 0.2) is 43.0 Å². The molecule has 0 heterocycles. The summed E-state index contributed by atoms with van der Waals surface area (Å²) >= 11 is 0. The molecule has 5 heteroatoms. The van der Waals surface area contributed by atoms with E-state index in [1.54, 1.807) is 0 Å². The van der Waals surface area contributed by atoms with Crippen molar-refractivity contribution >= 4 is 0 Å². The van der Waals surface area contributed by atoms with Gasteiger partial charge in [-0.15, -0.1) is 6.58 Å². The maximum Gasteiger partial charge on any atom is 0.189 e. The van der Waals surface area contributed by atoms with E-state index in [0.717, 1.165) is 5.75 Å². The van der Waals surface area contributed by atoms with E-state index in [1.165, 1.54) is 6.08 Å². The molecule has 0 saturated carbocycles. The van der Waals surface area contributed by atoms with Crippen molar-refractivity contribution < 1.29 is 23.3 Å². The summed E-state index contributed by atoms with van der Waals surface area (Å²) in [5.74, 6) is 0.824. The van der Waals surface area contributed by atoms with Crippen LogP contribution in [0, 0.1) is 0 Å². The SMILES string of the molecule is C=CC(COCCOCCOc1ccccc1)OCF. The molecule has 1 rings (SSSR count). The Morgan fingerprint density at radius 1 is 1.05 bits per heavy atom. The van der Waals surface area contributed by atoms with E-state index in [4.69, 9.17) is 18.9 Å². The second-order valence-electron chi connectivity index (χ2n) is 3.90. The summed E-state index contributed by atoms with van der Waals surface area (Å²) in [4.78, 5) is 0. The Hall–Kier alpha value is -1.43. The zero-order valence-electron chi connectivity index (χ0n) is 11.5. The molecule has 0 amide bonds. The van der Waals surface area contributed by atoms with Crippen LogP contribution >= 0.6 is 0 Å². The standard InChI is InChI=1S/C15H21FO4/c1-2-14(20-13-16)12-18-9-8-17-10-11-19-15-6-4-3-5-7-15/h2-7,14H,1,8-13H2. The molecule has 1 aromatic carbocycles. The van der Waals surface area contributed by atoms with Gasteiger partial charge in [0.15, 0.2) is 6.86 Å². The minimum Gasteiger partial charge on any atom is -0.491 e. The van der Waals surface area contributed by atoms with E-state index in [2.05, 4.69) is 6.58 Å². The molecule has 0 bridgehead atoms. The third-order valence-electron chi connectivity index (χ3n) is 2.43. The number of halogens is 1. The molecule has 0 aliphatic rings. The van der Waals surface area contributed by atoms with E-state index >= 15 is 0 Å². The molecule has 0 radical (unpaired) electrons. The molecule has 1 aromatic rings. The number of hydrogen-bond donors (Lipinski definition) is 0. The highest BCUT2D eigenvalue weighted by Crippen LogP contribution is 2.07. The number of rotatable bonds is 12. The summed E-state index contributed by atoms with van der Waals surface area (Å²) in [5.41, 5.74) is 0. The lowest BCUT2D eigenvalue weighted by molar-refractivity contribution is -0.0394. The first-order chi connectivity index (χ1) is 9.86. The zero-order chi connectivity index (χ0) is 14.5. The third kappa shape index (κ3) is 7.89. The van der Waals surface area contributed by atoms with Crippen LogP contribution in [0.2, 0.25) is 0 Å². The van der Waals surface area contributed by atoms with Crippen LogP contribution in [0.3, 0.4) is 0 Å². The lowest BCUT2D eigenvalue weighted by atomic mass is 10.3. The number of benzene rings is 1. The van der Waals surface area contributed by atoms with Crippen LogP contribution in [-0.4, -0.2) is 46.0 Å². The molecule has 20 heavy (non-hydrogen) atoms. The Balaban J connectivity index is 1.91. The monoisotopic (exact) mass is 284 g/mol. The Kier molecular flexibility index (Phi) is 9.48. The summed E-state index contributed by atoms with van der Waals surface area (Å²) in [7, 11) is 0. The van der Waals surface area contributed by atoms with Crippen molar-refractivity contribution in [2.45, 2.75) is 6.10 Å². The minimum atomic E-state index is -0.840. The Labute approximate surface area is 119 Å². The lowest BCUT2D eigenvalue weighted by Crippen LogP contribution is -2.19. The number of para-hydroxylation sites is 1. The van der Waals surface area contributed by atoms with Gasteiger partial charge in [0.05, 0.1) is 26.4 Å². The molecule has 4 nitrogen and oxygen atoms in total. The van der Waals surface area contributed by atoms with E-state index in [1.807, 2.05) is 30.3 Å². The summed E-state index contributed by atoms with van der Waals surface area (Å²) in [6.45, 7) is 4.82. The molecule has 0 aromatic heterocycles. The highest BCUT2D eigenvalue weighted by atomic mass is 19.1. The number of alkyl halides is 1. The Morgan fingerprint density at radius 2 is 1.75 bits per heavy atom. The van der Waals surface area contributed by atoms with Crippen molar-refractivity contribution in [2.24, 2.45) is 0 Å². The highest BCUT2D eigenvalue weighted by Gasteiger charge is 2.03. The molecule has 112 valence electrons. The molecule has 0 spiro atoms. The van der Waals surface area contributed by atoms with Gasteiger partial charge in [-0.1, -0.05) is 24.3 Å². The average Bonchev–Trinajstić information content (AvgIpc) is 2.49. The predicted octanol–water partition coefficient (Wildman–Crippen LogP) is 2.60. The number of ether oxygens (including phenoxy) is 4. The van der Waals surface area contributed by atoms with Gasteiger partial charge in [0.2, 0.25) is 0 Å². The van der Waals surface area contributed by atoms with Crippen LogP contribution in [0.4, 0.5) is 4.39 Å². The van der Waals surface area contributed by atoms with Crippen molar-refractivity contribution in [3.05, 3.63) is 43.0 Å². The van der Waals surface area contributed by atoms with E-state index < -0.39 is 13.0 Å². The molecule has 0 N–H and O–H groups in total. The molecule has 1 atom stereocenters.